The fourth-order valence-corrected chi connectivity index (χ4v) is 2.15. The summed E-state index contributed by atoms with van der Waals surface area (Å²) in [7, 11) is 0. The Labute approximate surface area is 74.7 Å². The van der Waals surface area contributed by atoms with E-state index < -0.39 is 12.0 Å². The summed E-state index contributed by atoms with van der Waals surface area (Å²) in [6.45, 7) is 2.11. The zero-order valence-corrected chi connectivity index (χ0v) is 7.56. The quantitative estimate of drug-likeness (QED) is 0.644. The van der Waals surface area contributed by atoms with Gasteiger partial charge in [-0.3, -0.25) is 9.59 Å². The number of carboxylic acids is 1. The molecular formula is C7H11NO3S. The fourth-order valence-electron chi connectivity index (χ4n) is 1.22. The number of rotatable bonds is 2. The molecular weight excluding hydrogens is 178 g/mol. The molecule has 1 rings (SSSR count). The maximum atomic E-state index is 10.7. The Balaban J connectivity index is 2.35. The van der Waals surface area contributed by atoms with E-state index in [2.05, 4.69) is 5.32 Å². The van der Waals surface area contributed by atoms with Crippen LogP contribution in [0.15, 0.2) is 0 Å². The SMILES string of the molecule is CC(=O)SC1CNC(C(=O)O)C1. The minimum atomic E-state index is -0.832. The molecule has 0 aliphatic carbocycles. The van der Waals surface area contributed by atoms with Crippen LogP contribution in [0, 0.1) is 0 Å². The molecule has 0 aromatic carbocycles. The van der Waals surface area contributed by atoms with Crippen molar-refractivity contribution < 1.29 is 14.7 Å². The van der Waals surface area contributed by atoms with Gasteiger partial charge in [0.15, 0.2) is 5.12 Å². The summed E-state index contributed by atoms with van der Waals surface area (Å²) in [5.74, 6) is -0.832. The number of carbonyl (C=O) groups excluding carboxylic acids is 1. The summed E-state index contributed by atoms with van der Waals surface area (Å²) in [5, 5.41) is 11.6. The lowest BCUT2D eigenvalue weighted by Gasteiger charge is -2.03. The second-order valence-electron chi connectivity index (χ2n) is 2.77. The number of nitrogens with one attached hydrogen (secondary N) is 1. The first-order chi connectivity index (χ1) is 5.59. The van der Waals surface area contributed by atoms with Crippen LogP contribution in [0.25, 0.3) is 0 Å². The van der Waals surface area contributed by atoms with Crippen LogP contribution in [0.3, 0.4) is 0 Å². The molecule has 12 heavy (non-hydrogen) atoms. The van der Waals surface area contributed by atoms with Gasteiger partial charge in [-0.05, 0) is 6.42 Å². The number of carboxylic acid groups (broad SMARTS) is 1. The highest BCUT2D eigenvalue weighted by Crippen LogP contribution is 2.21. The Hall–Kier alpha value is -0.550. The normalized spacial score (nSPS) is 28.8. The number of aliphatic carboxylic acids is 1. The van der Waals surface area contributed by atoms with Crippen LogP contribution in [0.2, 0.25) is 0 Å². The lowest BCUT2D eigenvalue weighted by molar-refractivity contribution is -0.139. The van der Waals surface area contributed by atoms with Gasteiger partial charge in [-0.2, -0.15) is 0 Å². The average Bonchev–Trinajstić information content (AvgIpc) is 2.34. The Kier molecular flexibility index (Phi) is 3.11. The van der Waals surface area contributed by atoms with E-state index in [1.807, 2.05) is 0 Å². The highest BCUT2D eigenvalue weighted by atomic mass is 32.2. The van der Waals surface area contributed by atoms with Gasteiger partial charge in [-0.1, -0.05) is 11.8 Å². The molecule has 0 amide bonds. The molecule has 0 bridgehead atoms. The molecule has 0 radical (unpaired) electrons. The molecule has 1 aliphatic heterocycles. The van der Waals surface area contributed by atoms with E-state index in [9.17, 15) is 9.59 Å². The van der Waals surface area contributed by atoms with Crippen LogP contribution in [0.5, 0.6) is 0 Å². The molecule has 1 heterocycles. The largest absolute Gasteiger partial charge is 0.480 e. The van der Waals surface area contributed by atoms with E-state index >= 15 is 0 Å². The zero-order chi connectivity index (χ0) is 9.14. The van der Waals surface area contributed by atoms with Crippen LogP contribution in [-0.2, 0) is 9.59 Å². The molecule has 2 N–H and O–H groups in total. The first-order valence-corrected chi connectivity index (χ1v) is 4.61. The average molecular weight is 189 g/mol. The van der Waals surface area contributed by atoms with E-state index in [1.165, 1.54) is 18.7 Å². The van der Waals surface area contributed by atoms with E-state index in [0.29, 0.717) is 13.0 Å². The highest BCUT2D eigenvalue weighted by Gasteiger charge is 2.29. The van der Waals surface area contributed by atoms with Gasteiger partial charge in [0.1, 0.15) is 6.04 Å². The highest BCUT2D eigenvalue weighted by molar-refractivity contribution is 8.14. The third-order valence-corrected chi connectivity index (χ3v) is 2.75. The molecule has 68 valence electrons. The van der Waals surface area contributed by atoms with Crippen molar-refractivity contribution in [1.82, 2.24) is 5.32 Å². The van der Waals surface area contributed by atoms with Crippen LogP contribution < -0.4 is 5.32 Å². The summed E-state index contributed by atoms with van der Waals surface area (Å²) < 4.78 is 0. The molecule has 5 heteroatoms. The van der Waals surface area contributed by atoms with Crippen LogP contribution in [0.4, 0.5) is 0 Å². The predicted octanol–water partition coefficient (Wildman–Crippen LogP) is 0.0812. The number of hydrogen-bond acceptors (Lipinski definition) is 4. The maximum Gasteiger partial charge on any atom is 0.320 e. The molecule has 1 fully saturated rings. The third kappa shape index (κ3) is 2.49. The number of carbonyl (C=O) groups is 2. The van der Waals surface area contributed by atoms with Crippen molar-refractivity contribution >= 4 is 22.8 Å². The summed E-state index contributed by atoms with van der Waals surface area (Å²) in [6, 6.07) is -0.471. The Morgan fingerprint density at radius 1 is 1.58 bits per heavy atom. The molecule has 1 saturated heterocycles. The second-order valence-corrected chi connectivity index (χ2v) is 4.24. The van der Waals surface area contributed by atoms with Gasteiger partial charge in [0, 0.05) is 18.7 Å². The minimum Gasteiger partial charge on any atom is -0.480 e. The van der Waals surface area contributed by atoms with Crippen molar-refractivity contribution in [3.8, 4) is 0 Å². The minimum absolute atomic E-state index is 0.0489. The van der Waals surface area contributed by atoms with Crippen LogP contribution >= 0.6 is 11.8 Å². The van der Waals surface area contributed by atoms with Gasteiger partial charge in [-0.25, -0.2) is 0 Å². The fraction of sp³-hybridized carbons (Fsp3) is 0.714. The van der Waals surface area contributed by atoms with Crippen molar-refractivity contribution in [2.75, 3.05) is 6.54 Å². The van der Waals surface area contributed by atoms with Crippen LogP contribution in [-0.4, -0.2) is 34.0 Å². The van der Waals surface area contributed by atoms with Crippen molar-refractivity contribution in [2.45, 2.75) is 24.6 Å². The van der Waals surface area contributed by atoms with Crippen molar-refractivity contribution in [2.24, 2.45) is 0 Å². The van der Waals surface area contributed by atoms with Gasteiger partial charge >= 0.3 is 5.97 Å². The molecule has 0 saturated carbocycles. The lowest BCUT2D eigenvalue weighted by atomic mass is 10.2. The Morgan fingerprint density at radius 3 is 2.67 bits per heavy atom. The van der Waals surface area contributed by atoms with Gasteiger partial charge in [-0.15, -0.1) is 0 Å². The summed E-state index contributed by atoms with van der Waals surface area (Å²) in [5.41, 5.74) is 0. The summed E-state index contributed by atoms with van der Waals surface area (Å²) in [4.78, 5) is 21.1. The maximum absolute atomic E-state index is 10.7. The molecule has 0 aromatic rings. The second kappa shape index (κ2) is 3.91. The van der Waals surface area contributed by atoms with E-state index in [0.717, 1.165) is 0 Å². The monoisotopic (exact) mass is 189 g/mol. The van der Waals surface area contributed by atoms with E-state index in [1.54, 1.807) is 0 Å². The smallest absolute Gasteiger partial charge is 0.320 e. The Bertz CT molecular complexity index is 207. The van der Waals surface area contributed by atoms with Crippen molar-refractivity contribution in [1.29, 1.82) is 0 Å². The topological polar surface area (TPSA) is 66.4 Å². The first-order valence-electron chi connectivity index (χ1n) is 3.73. The Morgan fingerprint density at radius 2 is 2.25 bits per heavy atom. The van der Waals surface area contributed by atoms with Crippen molar-refractivity contribution in [3.05, 3.63) is 0 Å². The van der Waals surface area contributed by atoms with Gasteiger partial charge in [0.25, 0.3) is 0 Å². The zero-order valence-electron chi connectivity index (χ0n) is 6.74. The molecule has 2 unspecified atom stereocenters. The predicted molar refractivity (Wildman–Crippen MR) is 46.1 cm³/mol. The molecule has 0 spiro atoms. The lowest BCUT2D eigenvalue weighted by Crippen LogP contribution is -2.29. The molecule has 1 aliphatic rings. The summed E-state index contributed by atoms with van der Waals surface area (Å²) >= 11 is 1.22. The first kappa shape index (κ1) is 9.54. The van der Waals surface area contributed by atoms with Crippen molar-refractivity contribution in [3.63, 3.8) is 0 Å². The molecule has 0 aromatic heterocycles. The number of thioether (sulfide) groups is 1. The van der Waals surface area contributed by atoms with Gasteiger partial charge in [0.2, 0.25) is 0 Å². The third-order valence-electron chi connectivity index (χ3n) is 1.72. The van der Waals surface area contributed by atoms with Gasteiger partial charge < -0.3 is 10.4 Å². The summed E-state index contributed by atoms with van der Waals surface area (Å²) in [6.07, 6.45) is 0.541. The van der Waals surface area contributed by atoms with E-state index in [4.69, 9.17) is 5.11 Å². The standard InChI is InChI=1S/C7H11NO3S/c1-4(9)12-5-2-6(7(10)11)8-3-5/h5-6,8H,2-3H2,1H3,(H,10,11). The number of hydrogen-bond donors (Lipinski definition) is 2. The molecule has 4 nitrogen and oxygen atoms in total. The molecule has 2 atom stereocenters. The van der Waals surface area contributed by atoms with Gasteiger partial charge in [0.05, 0.1) is 0 Å². The van der Waals surface area contributed by atoms with E-state index in [-0.39, 0.29) is 10.4 Å². The van der Waals surface area contributed by atoms with Crippen LogP contribution in [0.1, 0.15) is 13.3 Å².